The molecule has 1 aliphatic heterocycles. The molecule has 3 N–H and O–H groups in total. The van der Waals surface area contributed by atoms with Crippen LogP contribution in [-0.2, 0) is 15.7 Å². The number of nitrogens with one attached hydrogen (secondary N) is 3. The molecule has 1 aromatic rings. The lowest BCUT2D eigenvalue weighted by molar-refractivity contribution is -0.141. The molecule has 1 aromatic heterocycles. The fourth-order valence-corrected chi connectivity index (χ4v) is 3.30. The molecule has 12 heteroatoms. The van der Waals surface area contributed by atoms with Crippen molar-refractivity contribution in [3.8, 4) is 0 Å². The summed E-state index contributed by atoms with van der Waals surface area (Å²) in [5.41, 5.74) is -1.06. The Bertz CT molecular complexity index is 1060. The molecule has 0 saturated carbocycles. The fraction of sp³-hybridized carbons (Fsp3) is 0.364. The molecule has 2 heterocycles. The summed E-state index contributed by atoms with van der Waals surface area (Å²) in [6, 6.07) is 3.03. The molecule has 3 rings (SSSR count). The molecule has 182 valence electrons. The first-order valence-electron chi connectivity index (χ1n) is 10.4. The maximum absolute atomic E-state index is 12.9. The first kappa shape index (κ1) is 25.0. The Labute approximate surface area is 194 Å². The number of hydrogen-bond acceptors (Lipinski definition) is 7. The van der Waals surface area contributed by atoms with Gasteiger partial charge < -0.3 is 30.6 Å². The number of pyridine rings is 1. The van der Waals surface area contributed by atoms with Crippen LogP contribution in [0.2, 0.25) is 0 Å². The van der Waals surface area contributed by atoms with E-state index in [0.29, 0.717) is 18.7 Å². The maximum Gasteiger partial charge on any atom is 0.433 e. The van der Waals surface area contributed by atoms with E-state index in [9.17, 15) is 22.8 Å². The molecule has 0 spiro atoms. The van der Waals surface area contributed by atoms with Gasteiger partial charge in [-0.3, -0.25) is 9.59 Å². The molecule has 0 atom stereocenters. The fourth-order valence-electron chi connectivity index (χ4n) is 3.30. The number of methoxy groups -OCH3 is 1. The lowest BCUT2D eigenvalue weighted by Gasteiger charge is -2.32. The molecule has 0 aromatic carbocycles. The summed E-state index contributed by atoms with van der Waals surface area (Å²) in [7, 11) is 3.33. The lowest BCUT2D eigenvalue weighted by atomic mass is 10.0. The third-order valence-electron chi connectivity index (χ3n) is 5.26. The molecule has 0 unspecified atom stereocenters. The van der Waals surface area contributed by atoms with Crippen molar-refractivity contribution in [3.63, 3.8) is 0 Å². The summed E-state index contributed by atoms with van der Waals surface area (Å²) < 4.78 is 43.9. The summed E-state index contributed by atoms with van der Waals surface area (Å²) >= 11 is 0. The van der Waals surface area contributed by atoms with E-state index < -0.39 is 23.5 Å². The minimum Gasteiger partial charge on any atom is -0.494 e. The average molecular weight is 478 g/mol. The van der Waals surface area contributed by atoms with Crippen molar-refractivity contribution in [2.45, 2.75) is 6.18 Å². The van der Waals surface area contributed by atoms with Gasteiger partial charge in [-0.2, -0.15) is 13.2 Å². The van der Waals surface area contributed by atoms with E-state index in [4.69, 9.17) is 10.1 Å². The summed E-state index contributed by atoms with van der Waals surface area (Å²) in [6.45, 7) is 2.92. The SMILES string of the molecule is COC1=CC(=N)/C(=C\NCC(=O)N2CCN(C)CC2)C=C1NC(=O)c1cccc(C(F)(F)F)n1. The molecule has 0 bridgehead atoms. The lowest BCUT2D eigenvalue weighted by Crippen LogP contribution is -2.49. The van der Waals surface area contributed by atoms with Gasteiger partial charge in [0.25, 0.3) is 5.91 Å². The summed E-state index contributed by atoms with van der Waals surface area (Å²) in [4.78, 5) is 32.2. The van der Waals surface area contributed by atoms with Crippen molar-refractivity contribution in [2.75, 3.05) is 46.9 Å². The zero-order chi connectivity index (χ0) is 24.9. The van der Waals surface area contributed by atoms with E-state index in [-0.39, 0.29) is 29.6 Å². The number of piperazine rings is 1. The summed E-state index contributed by atoms with van der Waals surface area (Å²) in [6.07, 6.45) is -0.435. The van der Waals surface area contributed by atoms with Gasteiger partial charge in [0.15, 0.2) is 0 Å². The highest BCUT2D eigenvalue weighted by Gasteiger charge is 2.33. The number of hydrogen-bond donors (Lipinski definition) is 3. The van der Waals surface area contributed by atoms with E-state index in [1.54, 1.807) is 4.90 Å². The Morgan fingerprint density at radius 3 is 2.56 bits per heavy atom. The van der Waals surface area contributed by atoms with E-state index in [0.717, 1.165) is 31.3 Å². The predicted molar refractivity (Wildman–Crippen MR) is 118 cm³/mol. The smallest absolute Gasteiger partial charge is 0.433 e. The van der Waals surface area contributed by atoms with Crippen molar-refractivity contribution in [1.29, 1.82) is 5.41 Å². The van der Waals surface area contributed by atoms with Crippen LogP contribution in [0.15, 0.2) is 53.6 Å². The second kappa shape index (κ2) is 10.5. The first-order valence-corrected chi connectivity index (χ1v) is 10.4. The van der Waals surface area contributed by atoms with Gasteiger partial charge in [-0.1, -0.05) is 6.07 Å². The van der Waals surface area contributed by atoms with Gasteiger partial charge in [0.05, 0.1) is 25.1 Å². The highest BCUT2D eigenvalue weighted by molar-refractivity contribution is 6.10. The van der Waals surface area contributed by atoms with Gasteiger partial charge in [-0.15, -0.1) is 0 Å². The van der Waals surface area contributed by atoms with Gasteiger partial charge in [0, 0.05) is 44.0 Å². The standard InChI is InChI=1S/C22H25F3N6O3/c1-30-6-8-31(9-7-30)20(32)13-27-12-14-10-17(18(34-2)11-15(14)26)29-21(33)16-4-3-5-19(28-16)22(23,24)25/h3-5,10-12,26-27H,6-9,13H2,1-2H3,(H,29,33)/b14-12-,26-15?. The molecule has 9 nitrogen and oxygen atoms in total. The second-order valence-corrected chi connectivity index (χ2v) is 7.71. The van der Waals surface area contributed by atoms with Crippen LogP contribution < -0.4 is 10.6 Å². The monoisotopic (exact) mass is 478 g/mol. The first-order chi connectivity index (χ1) is 16.1. The quantitative estimate of drug-likeness (QED) is 0.572. The largest absolute Gasteiger partial charge is 0.494 e. The van der Waals surface area contributed by atoms with Crippen LogP contribution >= 0.6 is 0 Å². The van der Waals surface area contributed by atoms with Crippen LogP contribution in [0.3, 0.4) is 0 Å². The van der Waals surface area contributed by atoms with Crippen LogP contribution in [0.1, 0.15) is 16.2 Å². The zero-order valence-corrected chi connectivity index (χ0v) is 18.7. The minimum atomic E-state index is -4.68. The molecule has 1 fully saturated rings. The molecule has 1 saturated heterocycles. The van der Waals surface area contributed by atoms with Gasteiger partial charge in [-0.25, -0.2) is 4.98 Å². The predicted octanol–water partition coefficient (Wildman–Crippen LogP) is 1.53. The Balaban J connectivity index is 1.69. The number of likely N-dealkylation sites (N-methyl/N-ethyl adjacent to an activating group) is 1. The van der Waals surface area contributed by atoms with Crippen LogP contribution in [-0.4, -0.2) is 79.2 Å². The van der Waals surface area contributed by atoms with Gasteiger partial charge in [0.2, 0.25) is 5.91 Å². The number of nitrogens with zero attached hydrogens (tertiary/aromatic N) is 3. The van der Waals surface area contributed by atoms with Crippen LogP contribution in [0.4, 0.5) is 13.2 Å². The Morgan fingerprint density at radius 1 is 1.21 bits per heavy atom. The van der Waals surface area contributed by atoms with Gasteiger partial charge in [-0.05, 0) is 25.3 Å². The molecule has 2 amide bonds. The molecular formula is C22H25F3N6O3. The van der Waals surface area contributed by atoms with Crippen molar-refractivity contribution >= 4 is 17.5 Å². The molecule has 0 radical (unpaired) electrons. The number of rotatable bonds is 6. The van der Waals surface area contributed by atoms with Crippen LogP contribution in [0.5, 0.6) is 0 Å². The van der Waals surface area contributed by atoms with E-state index >= 15 is 0 Å². The Morgan fingerprint density at radius 2 is 1.91 bits per heavy atom. The number of ether oxygens (including phenoxy) is 1. The second-order valence-electron chi connectivity index (χ2n) is 7.71. The van der Waals surface area contributed by atoms with Crippen molar-refractivity contribution < 1.29 is 27.5 Å². The number of carbonyl (C=O) groups excluding carboxylic acids is 2. The number of carbonyl (C=O) groups is 2. The minimum absolute atomic E-state index is 0.0328. The van der Waals surface area contributed by atoms with Crippen molar-refractivity contribution in [3.05, 3.63) is 65.0 Å². The highest BCUT2D eigenvalue weighted by Crippen LogP contribution is 2.27. The van der Waals surface area contributed by atoms with Gasteiger partial charge in [0.1, 0.15) is 17.1 Å². The maximum atomic E-state index is 12.9. The Kier molecular flexibility index (Phi) is 7.72. The molecule has 1 aliphatic carbocycles. The van der Waals surface area contributed by atoms with E-state index in [1.807, 2.05) is 7.05 Å². The highest BCUT2D eigenvalue weighted by atomic mass is 19.4. The van der Waals surface area contributed by atoms with Crippen molar-refractivity contribution in [1.82, 2.24) is 25.4 Å². The Hall–Kier alpha value is -3.67. The normalized spacial score (nSPS) is 18.3. The summed E-state index contributed by atoms with van der Waals surface area (Å²) in [5, 5.41) is 13.5. The van der Waals surface area contributed by atoms with Crippen LogP contribution in [0, 0.1) is 5.41 Å². The number of halogens is 3. The van der Waals surface area contributed by atoms with Crippen LogP contribution in [0.25, 0.3) is 0 Å². The summed E-state index contributed by atoms with van der Waals surface area (Å²) in [5.74, 6) is -0.796. The van der Waals surface area contributed by atoms with E-state index in [1.165, 1.54) is 25.5 Å². The van der Waals surface area contributed by atoms with E-state index in [2.05, 4.69) is 20.5 Å². The number of aromatic nitrogens is 1. The topological polar surface area (TPSA) is 111 Å². The third kappa shape index (κ3) is 6.22. The zero-order valence-electron chi connectivity index (χ0n) is 18.7. The average Bonchev–Trinajstić information content (AvgIpc) is 2.80. The molecule has 2 aliphatic rings. The molecular weight excluding hydrogens is 453 g/mol. The number of alkyl halides is 3. The molecule has 34 heavy (non-hydrogen) atoms. The third-order valence-corrected chi connectivity index (χ3v) is 5.26. The van der Waals surface area contributed by atoms with Gasteiger partial charge >= 0.3 is 6.18 Å². The number of amides is 2. The van der Waals surface area contributed by atoms with Crippen molar-refractivity contribution in [2.24, 2.45) is 0 Å². The number of allylic oxidation sites excluding steroid dienone is 3.